The van der Waals surface area contributed by atoms with Crippen molar-refractivity contribution >= 4 is 11.9 Å². The number of hydrogen-bond acceptors (Lipinski definition) is 1. The third-order valence-corrected chi connectivity index (χ3v) is 0.958. The van der Waals surface area contributed by atoms with E-state index in [1.54, 1.807) is 0 Å². The molecule has 0 atom stereocenters. The normalized spacial score (nSPS) is 8.73. The molecule has 0 amide bonds. The van der Waals surface area contributed by atoms with Gasteiger partial charge in [0.15, 0.2) is 5.96 Å². The summed E-state index contributed by atoms with van der Waals surface area (Å²) in [7, 11) is 0. The van der Waals surface area contributed by atoms with Crippen molar-refractivity contribution in [1.29, 1.82) is 0 Å². The average Bonchev–Trinajstić information content (AvgIpc) is 1.85. The first-order valence-corrected chi connectivity index (χ1v) is 3.30. The second kappa shape index (κ2) is 5.33. The topological polar surface area (TPSA) is 130 Å². The number of hydrogen-bond donors (Lipinski definition) is 5. The highest BCUT2D eigenvalue weighted by Gasteiger charge is 1.87. The van der Waals surface area contributed by atoms with Gasteiger partial charge in [0.25, 0.3) is 0 Å². The fourth-order valence-electron chi connectivity index (χ4n) is 0.520. The van der Waals surface area contributed by atoms with Crippen molar-refractivity contribution in [2.24, 2.45) is 27.9 Å². The Morgan fingerprint density at radius 1 is 1.18 bits per heavy atom. The fourth-order valence-corrected chi connectivity index (χ4v) is 0.520. The van der Waals surface area contributed by atoms with Gasteiger partial charge in [-0.05, 0) is 6.42 Å². The molecule has 0 radical (unpaired) electrons. The molecule has 0 bridgehead atoms. The minimum Gasteiger partial charge on any atom is -0.370 e. The minimum absolute atomic E-state index is 0.106. The van der Waals surface area contributed by atoms with Crippen molar-refractivity contribution in [2.75, 3.05) is 13.1 Å². The van der Waals surface area contributed by atoms with E-state index in [4.69, 9.17) is 22.9 Å². The van der Waals surface area contributed by atoms with Crippen LogP contribution in [0.25, 0.3) is 0 Å². The van der Waals surface area contributed by atoms with Gasteiger partial charge in [-0.1, -0.05) is 0 Å². The van der Waals surface area contributed by atoms with Crippen molar-refractivity contribution in [1.82, 2.24) is 0 Å². The number of rotatable bonds is 4. The van der Waals surface area contributed by atoms with E-state index < -0.39 is 0 Å². The highest BCUT2D eigenvalue weighted by atomic mass is 15.0. The lowest BCUT2D eigenvalue weighted by Crippen LogP contribution is -2.78. The van der Waals surface area contributed by atoms with Gasteiger partial charge in [0, 0.05) is 6.54 Å². The second-order valence-electron chi connectivity index (χ2n) is 2.04. The first-order valence-electron chi connectivity index (χ1n) is 3.30. The molecule has 0 aromatic rings. The first-order chi connectivity index (χ1) is 5.13. The van der Waals surface area contributed by atoms with Crippen molar-refractivity contribution in [3.05, 3.63) is 0 Å². The number of guanidine groups is 2. The maximum Gasteiger partial charge on any atom is 0.338 e. The van der Waals surface area contributed by atoms with Crippen LogP contribution in [-0.2, 0) is 0 Å². The number of nitrogens with two attached hydrogens (primary N) is 4. The third kappa shape index (κ3) is 8.54. The van der Waals surface area contributed by atoms with Gasteiger partial charge < -0.3 is 11.5 Å². The summed E-state index contributed by atoms with van der Waals surface area (Å²) in [6.07, 6.45) is 0.801. The molecule has 0 aliphatic rings. The lowest BCUT2D eigenvalue weighted by Gasteiger charge is -1.91. The molecule has 0 saturated carbocycles. The quantitative estimate of drug-likeness (QED) is 0.162. The average molecular weight is 159 g/mol. The molecule has 6 nitrogen and oxygen atoms in total. The summed E-state index contributed by atoms with van der Waals surface area (Å²) in [5, 5.41) is 0. The van der Waals surface area contributed by atoms with Gasteiger partial charge in [0.1, 0.15) is 0 Å². The molecule has 0 heterocycles. The van der Waals surface area contributed by atoms with Crippen LogP contribution in [0, 0.1) is 0 Å². The zero-order valence-electron chi connectivity index (χ0n) is 6.38. The van der Waals surface area contributed by atoms with E-state index in [0.29, 0.717) is 13.1 Å². The highest BCUT2D eigenvalue weighted by molar-refractivity contribution is 5.75. The minimum atomic E-state index is 0.106. The van der Waals surface area contributed by atoms with Crippen LogP contribution < -0.4 is 27.9 Å². The van der Waals surface area contributed by atoms with E-state index in [9.17, 15) is 0 Å². The van der Waals surface area contributed by atoms with E-state index in [0.717, 1.165) is 6.42 Å². The molecule has 0 spiro atoms. The standard InChI is InChI=1S/C5H14N6/c6-4(7)10-2-1-3-11-5(8)9/h1-3H2,(H4,6,7,10)(H4,8,9,11)/p+1. The Morgan fingerprint density at radius 3 is 2.27 bits per heavy atom. The predicted octanol–water partition coefficient (Wildman–Crippen LogP) is -4.00. The second-order valence-corrected chi connectivity index (χ2v) is 2.04. The molecule has 0 unspecified atom stereocenters. The molecule has 0 aromatic heterocycles. The Hall–Kier alpha value is -1.46. The monoisotopic (exact) mass is 159 g/mol. The summed E-state index contributed by atoms with van der Waals surface area (Å²) in [5.41, 5.74) is 20.4. The van der Waals surface area contributed by atoms with Crippen LogP contribution >= 0.6 is 0 Å². The molecule has 0 saturated heterocycles. The Morgan fingerprint density at radius 2 is 1.82 bits per heavy atom. The van der Waals surface area contributed by atoms with Crippen LogP contribution in [0.15, 0.2) is 4.99 Å². The van der Waals surface area contributed by atoms with E-state index in [1.807, 2.05) is 0 Å². The molecule has 64 valence electrons. The van der Waals surface area contributed by atoms with E-state index in [1.165, 1.54) is 0 Å². The van der Waals surface area contributed by atoms with Gasteiger partial charge >= 0.3 is 5.96 Å². The molecular formula is C5H15N6+. The van der Waals surface area contributed by atoms with Crippen molar-refractivity contribution in [3.63, 3.8) is 0 Å². The van der Waals surface area contributed by atoms with Crippen molar-refractivity contribution in [3.8, 4) is 0 Å². The maximum atomic E-state index is 5.13. The van der Waals surface area contributed by atoms with Gasteiger partial charge in [-0.25, -0.2) is 0 Å². The smallest absolute Gasteiger partial charge is 0.338 e. The fraction of sp³-hybridized carbons (Fsp3) is 0.600. The van der Waals surface area contributed by atoms with Crippen LogP contribution in [0.3, 0.4) is 0 Å². The van der Waals surface area contributed by atoms with Gasteiger partial charge in [0.2, 0.25) is 0 Å². The predicted molar refractivity (Wildman–Crippen MR) is 44.5 cm³/mol. The summed E-state index contributed by atoms with van der Waals surface area (Å²) in [6.45, 7) is 1.27. The SMILES string of the molecule is NC(N)=NCCC[NH+]=C(N)N. The molecular weight excluding hydrogens is 144 g/mol. The molecule has 9 N–H and O–H groups in total. The Kier molecular flexibility index (Phi) is 4.63. The summed E-state index contributed by atoms with van der Waals surface area (Å²) < 4.78 is 0. The third-order valence-electron chi connectivity index (χ3n) is 0.958. The highest BCUT2D eigenvalue weighted by Crippen LogP contribution is 1.72. The number of aliphatic imine (C=N–C) groups is 1. The Labute approximate surface area is 65.3 Å². The molecule has 6 heteroatoms. The Balaban J connectivity index is 3.29. The van der Waals surface area contributed by atoms with Crippen LogP contribution in [0.1, 0.15) is 6.42 Å². The molecule has 0 aliphatic carbocycles. The Bertz CT molecular complexity index is 134. The van der Waals surface area contributed by atoms with E-state index in [2.05, 4.69) is 9.98 Å². The lowest BCUT2D eigenvalue weighted by atomic mass is 10.4. The van der Waals surface area contributed by atoms with E-state index >= 15 is 0 Å². The number of nitrogens with one attached hydrogen (secondary N) is 1. The zero-order chi connectivity index (χ0) is 8.69. The molecule has 0 rings (SSSR count). The molecule has 11 heavy (non-hydrogen) atoms. The van der Waals surface area contributed by atoms with E-state index in [-0.39, 0.29) is 11.9 Å². The molecule has 0 aliphatic heterocycles. The van der Waals surface area contributed by atoms with Crippen LogP contribution in [0.4, 0.5) is 0 Å². The molecule has 0 fully saturated rings. The maximum absolute atomic E-state index is 5.13. The summed E-state index contributed by atoms with van der Waals surface area (Å²) in [5.74, 6) is 0.324. The van der Waals surface area contributed by atoms with Crippen LogP contribution in [-0.4, -0.2) is 25.0 Å². The largest absolute Gasteiger partial charge is 0.370 e. The summed E-state index contributed by atoms with van der Waals surface area (Å²) in [6, 6.07) is 0. The molecule has 0 aromatic carbocycles. The number of nitrogens with zero attached hydrogens (tertiary/aromatic N) is 1. The van der Waals surface area contributed by atoms with Gasteiger partial charge in [0.05, 0.1) is 6.54 Å². The summed E-state index contributed by atoms with van der Waals surface area (Å²) >= 11 is 0. The van der Waals surface area contributed by atoms with Gasteiger partial charge in [-0.2, -0.15) is 0 Å². The van der Waals surface area contributed by atoms with Crippen LogP contribution in [0.5, 0.6) is 0 Å². The van der Waals surface area contributed by atoms with Gasteiger partial charge in [-0.3, -0.25) is 21.5 Å². The van der Waals surface area contributed by atoms with Gasteiger partial charge in [-0.15, -0.1) is 0 Å². The summed E-state index contributed by atoms with van der Waals surface area (Å²) in [4.78, 5) is 6.50. The van der Waals surface area contributed by atoms with Crippen LogP contribution in [0.2, 0.25) is 0 Å². The first kappa shape index (κ1) is 9.54. The van der Waals surface area contributed by atoms with Crippen molar-refractivity contribution < 1.29 is 4.99 Å². The zero-order valence-corrected chi connectivity index (χ0v) is 6.38. The lowest BCUT2D eigenvalue weighted by molar-refractivity contribution is -0.459. The van der Waals surface area contributed by atoms with Crippen molar-refractivity contribution in [2.45, 2.75) is 6.42 Å².